The number of carbonyl (C=O) groups is 4. The van der Waals surface area contributed by atoms with Gasteiger partial charge in [-0.3, -0.25) is 4.79 Å². The van der Waals surface area contributed by atoms with Crippen LogP contribution in [0.2, 0.25) is 0 Å². The number of unbranched alkanes of at least 4 members (excludes halogenated alkanes) is 2. The zero-order chi connectivity index (χ0) is 33.9. The van der Waals surface area contributed by atoms with E-state index in [1.54, 1.807) is 14.7 Å². The molecule has 12 heteroatoms. The average Bonchev–Trinajstić information content (AvgIpc) is 3.04. The number of rotatable bonds is 10. The molecule has 2 N–H and O–H groups in total. The van der Waals surface area contributed by atoms with E-state index in [2.05, 4.69) is 10.6 Å². The molecule has 1 aliphatic rings. The highest BCUT2D eigenvalue weighted by molar-refractivity contribution is 5.76. The van der Waals surface area contributed by atoms with Crippen molar-refractivity contribution in [3.8, 4) is 0 Å². The maximum atomic E-state index is 13.4. The van der Waals surface area contributed by atoms with Crippen molar-refractivity contribution < 1.29 is 33.4 Å². The maximum absolute atomic E-state index is 13.4. The Morgan fingerprint density at radius 1 is 0.681 bits per heavy atom. The summed E-state index contributed by atoms with van der Waals surface area (Å²) in [5, 5.41) is 6.05. The third-order valence-electron chi connectivity index (χ3n) is 7.41. The molecule has 2 aromatic carbocycles. The summed E-state index contributed by atoms with van der Waals surface area (Å²) < 4.78 is 16.4. The second-order valence-electron chi connectivity index (χ2n) is 12.4. The summed E-state index contributed by atoms with van der Waals surface area (Å²) in [5.41, 5.74) is 1.23. The first-order valence-electron chi connectivity index (χ1n) is 16.5. The second kappa shape index (κ2) is 20.0. The molecular formula is C35H51N5O7. The number of alkyl carbamates (subject to hydrolysis) is 1. The lowest BCUT2D eigenvalue weighted by atomic mass is 10.1. The van der Waals surface area contributed by atoms with E-state index in [1.165, 1.54) is 0 Å². The number of nitrogens with one attached hydrogen (secondary N) is 2. The van der Waals surface area contributed by atoms with Crippen LogP contribution in [0.3, 0.4) is 0 Å². The van der Waals surface area contributed by atoms with E-state index in [-0.39, 0.29) is 19.1 Å². The third kappa shape index (κ3) is 15.2. The van der Waals surface area contributed by atoms with Gasteiger partial charge in [0, 0.05) is 65.3 Å². The van der Waals surface area contributed by atoms with Crippen LogP contribution in [0.5, 0.6) is 0 Å². The first kappa shape index (κ1) is 37.1. The lowest BCUT2D eigenvalue weighted by Gasteiger charge is -2.31. The molecule has 0 unspecified atom stereocenters. The number of carbonyl (C=O) groups excluding carboxylic acids is 4. The van der Waals surface area contributed by atoms with E-state index in [1.807, 2.05) is 81.4 Å². The van der Waals surface area contributed by atoms with Crippen LogP contribution in [0.15, 0.2) is 60.7 Å². The van der Waals surface area contributed by atoms with Gasteiger partial charge in [0.2, 0.25) is 5.91 Å². The Balaban J connectivity index is 1.57. The molecule has 0 radical (unpaired) electrons. The molecule has 0 atom stereocenters. The number of hydrogen-bond donors (Lipinski definition) is 2. The molecule has 0 aliphatic carbocycles. The molecule has 12 nitrogen and oxygen atoms in total. The number of hydrogen-bond acceptors (Lipinski definition) is 8. The predicted octanol–water partition coefficient (Wildman–Crippen LogP) is 4.78. The van der Waals surface area contributed by atoms with Gasteiger partial charge in [-0.2, -0.15) is 0 Å². The molecule has 47 heavy (non-hydrogen) atoms. The van der Waals surface area contributed by atoms with Gasteiger partial charge in [0.25, 0.3) is 0 Å². The van der Waals surface area contributed by atoms with E-state index < -0.39 is 23.9 Å². The Morgan fingerprint density at radius 2 is 1.17 bits per heavy atom. The van der Waals surface area contributed by atoms with Gasteiger partial charge in [0.1, 0.15) is 18.8 Å². The Hall–Kier alpha value is -4.32. The fourth-order valence-electron chi connectivity index (χ4n) is 4.85. The molecular weight excluding hydrogens is 602 g/mol. The van der Waals surface area contributed by atoms with Crippen LogP contribution in [0.1, 0.15) is 57.6 Å². The van der Waals surface area contributed by atoms with E-state index in [4.69, 9.17) is 14.2 Å². The Kier molecular flexibility index (Phi) is 15.8. The Bertz CT molecular complexity index is 1170. The maximum Gasteiger partial charge on any atom is 0.410 e. The molecule has 258 valence electrons. The summed E-state index contributed by atoms with van der Waals surface area (Å²) in [7, 11) is 0. The van der Waals surface area contributed by atoms with Gasteiger partial charge in [-0.05, 0) is 44.7 Å². The largest absolute Gasteiger partial charge is 0.445 e. The van der Waals surface area contributed by atoms with E-state index in [9.17, 15) is 19.2 Å². The Morgan fingerprint density at radius 3 is 1.66 bits per heavy atom. The van der Waals surface area contributed by atoms with Gasteiger partial charge in [0.15, 0.2) is 0 Å². The minimum absolute atomic E-state index is 0.0597. The lowest BCUT2D eigenvalue weighted by Crippen LogP contribution is -2.49. The van der Waals surface area contributed by atoms with Crippen molar-refractivity contribution in [3.63, 3.8) is 0 Å². The fraction of sp³-hybridized carbons (Fsp3) is 0.543. The summed E-state index contributed by atoms with van der Waals surface area (Å²) in [6, 6.07) is 19.0. The number of benzene rings is 2. The lowest BCUT2D eigenvalue weighted by molar-refractivity contribution is -0.131. The average molecular weight is 654 g/mol. The van der Waals surface area contributed by atoms with Gasteiger partial charge >= 0.3 is 18.3 Å². The molecule has 1 aliphatic heterocycles. The van der Waals surface area contributed by atoms with E-state index in [0.717, 1.165) is 17.5 Å². The van der Waals surface area contributed by atoms with Crippen molar-refractivity contribution in [2.24, 2.45) is 0 Å². The summed E-state index contributed by atoms with van der Waals surface area (Å²) in [6.07, 6.45) is 1.07. The molecule has 1 fully saturated rings. The van der Waals surface area contributed by atoms with Crippen molar-refractivity contribution >= 4 is 24.2 Å². The summed E-state index contributed by atoms with van der Waals surface area (Å²) >= 11 is 0. The zero-order valence-electron chi connectivity index (χ0n) is 28.1. The molecule has 1 saturated heterocycles. The van der Waals surface area contributed by atoms with Crippen molar-refractivity contribution in [1.29, 1.82) is 0 Å². The smallest absolute Gasteiger partial charge is 0.410 e. The topological polar surface area (TPSA) is 130 Å². The molecule has 1 heterocycles. The molecule has 2 aromatic rings. The van der Waals surface area contributed by atoms with Crippen molar-refractivity contribution in [2.45, 2.75) is 65.3 Å². The normalized spacial score (nSPS) is 14.7. The van der Waals surface area contributed by atoms with Crippen LogP contribution in [0.4, 0.5) is 14.4 Å². The fourth-order valence-corrected chi connectivity index (χ4v) is 4.85. The van der Waals surface area contributed by atoms with Gasteiger partial charge in [0.05, 0.1) is 0 Å². The minimum atomic E-state index is -0.558. The quantitative estimate of drug-likeness (QED) is 0.277. The van der Waals surface area contributed by atoms with Gasteiger partial charge in [-0.15, -0.1) is 0 Å². The van der Waals surface area contributed by atoms with Crippen molar-refractivity contribution in [3.05, 3.63) is 71.8 Å². The molecule has 0 spiro atoms. The van der Waals surface area contributed by atoms with E-state index >= 15 is 0 Å². The van der Waals surface area contributed by atoms with Crippen molar-refractivity contribution in [1.82, 2.24) is 25.3 Å². The molecule has 0 aromatic heterocycles. The molecule has 4 amide bonds. The third-order valence-corrected chi connectivity index (χ3v) is 7.41. The monoisotopic (exact) mass is 653 g/mol. The molecule has 3 rings (SSSR count). The predicted molar refractivity (Wildman–Crippen MR) is 179 cm³/mol. The van der Waals surface area contributed by atoms with Crippen LogP contribution in [-0.2, 0) is 32.2 Å². The summed E-state index contributed by atoms with van der Waals surface area (Å²) in [5.74, 6) is -0.0597. The van der Waals surface area contributed by atoms with E-state index in [0.29, 0.717) is 78.2 Å². The number of ether oxygens (including phenoxy) is 3. The van der Waals surface area contributed by atoms with Crippen LogP contribution in [-0.4, -0.2) is 103 Å². The molecule has 0 saturated carbocycles. The zero-order valence-corrected chi connectivity index (χ0v) is 28.1. The van der Waals surface area contributed by atoms with Crippen molar-refractivity contribution in [2.75, 3.05) is 58.9 Å². The highest BCUT2D eigenvalue weighted by Gasteiger charge is 2.23. The second-order valence-corrected chi connectivity index (χ2v) is 12.4. The highest BCUT2D eigenvalue weighted by Crippen LogP contribution is 2.10. The highest BCUT2D eigenvalue weighted by atomic mass is 16.6. The van der Waals surface area contributed by atoms with Crippen LogP contribution < -0.4 is 10.6 Å². The van der Waals surface area contributed by atoms with Crippen LogP contribution in [0.25, 0.3) is 0 Å². The number of nitrogens with zero attached hydrogens (tertiary/aromatic N) is 3. The van der Waals surface area contributed by atoms with Crippen LogP contribution in [0, 0.1) is 0 Å². The minimum Gasteiger partial charge on any atom is -0.445 e. The Labute approximate surface area is 278 Å². The van der Waals surface area contributed by atoms with Crippen LogP contribution >= 0.6 is 0 Å². The number of amides is 4. The van der Waals surface area contributed by atoms with Gasteiger partial charge in [-0.1, -0.05) is 67.1 Å². The molecule has 0 bridgehead atoms. The SMILES string of the molecule is CC(C)(C)OC(=O)NCCCCCC(=O)N1CCN(C(=O)OCc2ccccc2)CCNCCN(C(=O)OCc2ccccc2)CC1. The summed E-state index contributed by atoms with van der Waals surface area (Å²) in [6.45, 7) is 9.17. The van der Waals surface area contributed by atoms with Gasteiger partial charge in [-0.25, -0.2) is 14.4 Å². The first-order valence-corrected chi connectivity index (χ1v) is 16.5. The first-order chi connectivity index (χ1) is 22.6. The standard InChI is InChI=1S/C35H51N5O7/c1-35(2,3)47-32(42)37-18-12-6-11-17-31(41)38-23-25-39(33(43)45-27-29-13-7-4-8-14-29)21-19-36-20-22-40(26-24-38)34(44)46-28-30-15-9-5-10-16-30/h4-5,7-10,13-16,36H,6,11-12,17-28H2,1-3H3,(H,37,42). The van der Waals surface area contributed by atoms with Gasteiger partial charge < -0.3 is 39.5 Å². The summed E-state index contributed by atoms with van der Waals surface area (Å²) in [4.78, 5) is 56.4.